The topological polar surface area (TPSA) is 60.2 Å². The molecule has 0 aliphatic carbocycles. The maximum atomic E-state index is 11.7. The van der Waals surface area contributed by atoms with Gasteiger partial charge in [0.25, 0.3) is 0 Å². The fourth-order valence-electron chi connectivity index (χ4n) is 1.43. The SMILES string of the molecule is CC(C)C(=O)c1ccc(C(C)C(N)=O)cc1. The van der Waals surface area contributed by atoms with Gasteiger partial charge in [-0.3, -0.25) is 9.59 Å². The predicted octanol–water partition coefficient (Wildman–Crippen LogP) is 2.11. The molecule has 0 heterocycles. The highest BCUT2D eigenvalue weighted by molar-refractivity contribution is 5.97. The first-order valence-corrected chi connectivity index (χ1v) is 5.37. The molecule has 0 aliphatic rings. The largest absolute Gasteiger partial charge is 0.369 e. The number of hydrogen-bond acceptors (Lipinski definition) is 2. The molecule has 0 aliphatic heterocycles. The number of rotatable bonds is 4. The third kappa shape index (κ3) is 2.69. The normalized spacial score (nSPS) is 12.5. The van der Waals surface area contributed by atoms with Gasteiger partial charge in [0.15, 0.2) is 5.78 Å². The fourth-order valence-corrected chi connectivity index (χ4v) is 1.43. The fraction of sp³-hybridized carbons (Fsp3) is 0.385. The van der Waals surface area contributed by atoms with Crippen molar-refractivity contribution in [3.63, 3.8) is 0 Å². The first-order chi connectivity index (χ1) is 7.43. The monoisotopic (exact) mass is 219 g/mol. The number of carbonyl (C=O) groups is 2. The molecule has 0 bridgehead atoms. The molecule has 2 N–H and O–H groups in total. The third-order valence-electron chi connectivity index (χ3n) is 2.65. The number of primary amides is 1. The summed E-state index contributed by atoms with van der Waals surface area (Å²) in [5.74, 6) is -0.580. The Bertz CT molecular complexity index is 393. The second kappa shape index (κ2) is 4.92. The Morgan fingerprint density at radius 3 is 1.94 bits per heavy atom. The summed E-state index contributed by atoms with van der Waals surface area (Å²) in [5, 5.41) is 0. The Morgan fingerprint density at radius 1 is 1.06 bits per heavy atom. The van der Waals surface area contributed by atoms with Crippen molar-refractivity contribution in [1.29, 1.82) is 0 Å². The van der Waals surface area contributed by atoms with Gasteiger partial charge < -0.3 is 5.73 Å². The number of Topliss-reactive ketones (excluding diaryl/α,β-unsaturated/α-hetero) is 1. The number of amides is 1. The van der Waals surface area contributed by atoms with Crippen molar-refractivity contribution >= 4 is 11.7 Å². The molecular weight excluding hydrogens is 202 g/mol. The third-order valence-corrected chi connectivity index (χ3v) is 2.65. The van der Waals surface area contributed by atoms with Crippen LogP contribution < -0.4 is 5.73 Å². The highest BCUT2D eigenvalue weighted by Crippen LogP contribution is 2.16. The molecule has 3 nitrogen and oxygen atoms in total. The van der Waals surface area contributed by atoms with Gasteiger partial charge in [0.1, 0.15) is 0 Å². The van der Waals surface area contributed by atoms with Gasteiger partial charge in [-0.25, -0.2) is 0 Å². The Kier molecular flexibility index (Phi) is 3.82. The van der Waals surface area contributed by atoms with Gasteiger partial charge in [-0.1, -0.05) is 38.1 Å². The van der Waals surface area contributed by atoms with E-state index in [1.165, 1.54) is 0 Å². The smallest absolute Gasteiger partial charge is 0.224 e. The number of carbonyl (C=O) groups excluding carboxylic acids is 2. The Hall–Kier alpha value is -1.64. The standard InChI is InChI=1S/C13H17NO2/c1-8(2)12(15)11-6-4-10(5-7-11)9(3)13(14)16/h4-9H,1-3H3,(H2,14,16). The van der Waals surface area contributed by atoms with Gasteiger partial charge in [-0.2, -0.15) is 0 Å². The van der Waals surface area contributed by atoms with Crippen molar-refractivity contribution in [1.82, 2.24) is 0 Å². The van der Waals surface area contributed by atoms with E-state index in [0.717, 1.165) is 5.56 Å². The molecule has 0 fully saturated rings. The zero-order valence-corrected chi connectivity index (χ0v) is 9.86. The second-order valence-corrected chi connectivity index (χ2v) is 4.27. The lowest BCUT2D eigenvalue weighted by atomic mass is 9.96. The lowest BCUT2D eigenvalue weighted by molar-refractivity contribution is -0.119. The van der Waals surface area contributed by atoms with Crippen molar-refractivity contribution in [3.05, 3.63) is 35.4 Å². The van der Waals surface area contributed by atoms with Crippen LogP contribution in [0, 0.1) is 5.92 Å². The summed E-state index contributed by atoms with van der Waals surface area (Å²) in [5.41, 5.74) is 6.73. The van der Waals surface area contributed by atoms with Gasteiger partial charge in [-0.15, -0.1) is 0 Å². The van der Waals surface area contributed by atoms with Gasteiger partial charge in [0.05, 0.1) is 5.92 Å². The summed E-state index contributed by atoms with van der Waals surface area (Å²) in [6.45, 7) is 5.48. The summed E-state index contributed by atoms with van der Waals surface area (Å²) in [4.78, 5) is 22.6. The van der Waals surface area contributed by atoms with Crippen LogP contribution in [0.4, 0.5) is 0 Å². The van der Waals surface area contributed by atoms with Gasteiger partial charge in [0.2, 0.25) is 5.91 Å². The quantitative estimate of drug-likeness (QED) is 0.788. The van der Waals surface area contributed by atoms with Crippen LogP contribution in [0.25, 0.3) is 0 Å². The lowest BCUT2D eigenvalue weighted by Gasteiger charge is -2.09. The summed E-state index contributed by atoms with van der Waals surface area (Å²) in [6.07, 6.45) is 0. The first kappa shape index (κ1) is 12.4. The van der Waals surface area contributed by atoms with Crippen LogP contribution in [0.1, 0.15) is 42.6 Å². The van der Waals surface area contributed by atoms with Crippen molar-refractivity contribution in [2.75, 3.05) is 0 Å². The number of nitrogens with two attached hydrogens (primary N) is 1. The van der Waals surface area contributed by atoms with E-state index in [1.807, 2.05) is 13.8 Å². The Morgan fingerprint density at radius 2 is 1.56 bits per heavy atom. The molecule has 1 amide bonds. The second-order valence-electron chi connectivity index (χ2n) is 4.27. The zero-order chi connectivity index (χ0) is 12.3. The van der Waals surface area contributed by atoms with Gasteiger partial charge in [-0.05, 0) is 12.5 Å². The number of benzene rings is 1. The summed E-state index contributed by atoms with van der Waals surface area (Å²) in [7, 11) is 0. The molecule has 86 valence electrons. The Labute approximate surface area is 95.6 Å². The maximum Gasteiger partial charge on any atom is 0.224 e. The van der Waals surface area contributed by atoms with Crippen LogP contribution in [0.5, 0.6) is 0 Å². The highest BCUT2D eigenvalue weighted by Gasteiger charge is 2.13. The van der Waals surface area contributed by atoms with Crippen molar-refractivity contribution < 1.29 is 9.59 Å². The maximum absolute atomic E-state index is 11.7. The Balaban J connectivity index is 2.91. The minimum absolute atomic E-state index is 0.0144. The van der Waals surface area contributed by atoms with Gasteiger partial charge in [0, 0.05) is 11.5 Å². The summed E-state index contributed by atoms with van der Waals surface area (Å²) in [6, 6.07) is 7.06. The van der Waals surface area contributed by atoms with E-state index in [2.05, 4.69) is 0 Å². The van der Waals surface area contributed by atoms with E-state index >= 15 is 0 Å². The first-order valence-electron chi connectivity index (χ1n) is 5.37. The molecule has 1 rings (SSSR count). The van der Waals surface area contributed by atoms with Crippen LogP contribution in [0.2, 0.25) is 0 Å². The van der Waals surface area contributed by atoms with Gasteiger partial charge >= 0.3 is 0 Å². The van der Waals surface area contributed by atoms with Crippen LogP contribution >= 0.6 is 0 Å². The highest BCUT2D eigenvalue weighted by atomic mass is 16.1. The summed E-state index contributed by atoms with van der Waals surface area (Å²) >= 11 is 0. The van der Waals surface area contributed by atoms with Crippen LogP contribution in [-0.4, -0.2) is 11.7 Å². The minimum atomic E-state index is -0.358. The molecule has 0 saturated carbocycles. The van der Waals surface area contributed by atoms with E-state index in [4.69, 9.17) is 5.73 Å². The molecule has 1 unspecified atom stereocenters. The molecule has 0 aromatic heterocycles. The number of hydrogen-bond donors (Lipinski definition) is 1. The molecule has 1 aromatic carbocycles. The molecule has 0 radical (unpaired) electrons. The molecular formula is C13H17NO2. The van der Waals surface area contributed by atoms with Crippen molar-refractivity contribution in [2.45, 2.75) is 26.7 Å². The van der Waals surface area contributed by atoms with Crippen LogP contribution in [0.15, 0.2) is 24.3 Å². The molecule has 16 heavy (non-hydrogen) atoms. The van der Waals surface area contributed by atoms with Crippen molar-refractivity contribution in [2.24, 2.45) is 11.7 Å². The van der Waals surface area contributed by atoms with E-state index < -0.39 is 0 Å². The summed E-state index contributed by atoms with van der Waals surface area (Å²) < 4.78 is 0. The molecule has 0 saturated heterocycles. The van der Waals surface area contributed by atoms with Crippen molar-refractivity contribution in [3.8, 4) is 0 Å². The molecule has 1 aromatic rings. The van der Waals surface area contributed by atoms with E-state index in [-0.39, 0.29) is 23.5 Å². The van der Waals surface area contributed by atoms with Crippen LogP contribution in [-0.2, 0) is 4.79 Å². The zero-order valence-electron chi connectivity index (χ0n) is 9.86. The predicted molar refractivity (Wildman–Crippen MR) is 63.2 cm³/mol. The van der Waals surface area contributed by atoms with E-state index in [1.54, 1.807) is 31.2 Å². The van der Waals surface area contributed by atoms with Crippen LogP contribution in [0.3, 0.4) is 0 Å². The molecule has 1 atom stereocenters. The van der Waals surface area contributed by atoms with E-state index in [9.17, 15) is 9.59 Å². The number of ketones is 1. The average Bonchev–Trinajstić information content (AvgIpc) is 2.27. The van der Waals surface area contributed by atoms with E-state index in [0.29, 0.717) is 5.56 Å². The lowest BCUT2D eigenvalue weighted by Crippen LogP contribution is -2.18. The average molecular weight is 219 g/mol. The molecule has 0 spiro atoms. The minimum Gasteiger partial charge on any atom is -0.369 e. The molecule has 3 heteroatoms.